The van der Waals surface area contributed by atoms with Gasteiger partial charge in [-0.3, -0.25) is 0 Å². The van der Waals surface area contributed by atoms with Gasteiger partial charge in [-0.15, -0.1) is 0 Å². The minimum absolute atomic E-state index is 0.832. The van der Waals surface area contributed by atoms with Gasteiger partial charge >= 0.3 is 0 Å². The van der Waals surface area contributed by atoms with Crippen molar-refractivity contribution in [3.63, 3.8) is 0 Å². The van der Waals surface area contributed by atoms with E-state index in [1.165, 1.54) is 37.4 Å². The summed E-state index contributed by atoms with van der Waals surface area (Å²) in [5.74, 6) is 0. The summed E-state index contributed by atoms with van der Waals surface area (Å²) < 4.78 is 15.7. The first-order valence-corrected chi connectivity index (χ1v) is 10.3. The normalized spacial score (nSPS) is 12.3. The number of hydrogen-bond acceptors (Lipinski definition) is 3. The van der Waals surface area contributed by atoms with Gasteiger partial charge in [0.2, 0.25) is 0 Å². The summed E-state index contributed by atoms with van der Waals surface area (Å²) in [4.78, 5) is 0. The van der Waals surface area contributed by atoms with Crippen LogP contribution in [0.3, 0.4) is 0 Å². The Labute approximate surface area is 121 Å². The number of rotatable bonds is 13. The van der Waals surface area contributed by atoms with Gasteiger partial charge in [0.15, 0.2) is 0 Å². The zero-order valence-corrected chi connectivity index (χ0v) is 14.7. The summed E-state index contributed by atoms with van der Waals surface area (Å²) in [7, 11) is 4.18. The number of ether oxygens (including phenoxy) is 3. The smallest absolute Gasteiger partial charge is 0.0564 e. The third kappa shape index (κ3) is 8.08. The van der Waals surface area contributed by atoms with Gasteiger partial charge < -0.3 is 14.2 Å². The standard InChI is InChI=1S/C15H34O3Si/c1-15(2)19(12-6-9-16-3,13-7-10-17-4)14-8-11-18-5/h15H,6-14H2,1-5H3. The molecule has 0 unspecified atom stereocenters. The van der Waals surface area contributed by atoms with Crippen molar-refractivity contribution >= 4 is 8.07 Å². The maximum absolute atomic E-state index is 5.24. The fraction of sp³-hybridized carbons (Fsp3) is 1.00. The lowest BCUT2D eigenvalue weighted by molar-refractivity contribution is 0.194. The lowest BCUT2D eigenvalue weighted by atomic mass is 10.5. The van der Waals surface area contributed by atoms with Gasteiger partial charge in [0.1, 0.15) is 0 Å². The second-order valence-corrected chi connectivity index (χ2v) is 11.2. The van der Waals surface area contributed by atoms with E-state index in [1.54, 1.807) is 21.3 Å². The summed E-state index contributed by atoms with van der Waals surface area (Å²) in [6.45, 7) is 7.53. The highest BCUT2D eigenvalue weighted by atomic mass is 28.3. The second-order valence-electron chi connectivity index (χ2n) is 5.81. The molecule has 0 bridgehead atoms. The zero-order valence-electron chi connectivity index (χ0n) is 13.7. The molecule has 0 atom stereocenters. The average Bonchev–Trinajstić information content (AvgIpc) is 2.38. The molecule has 19 heavy (non-hydrogen) atoms. The van der Waals surface area contributed by atoms with E-state index >= 15 is 0 Å². The van der Waals surface area contributed by atoms with Crippen LogP contribution in [0.25, 0.3) is 0 Å². The summed E-state index contributed by atoms with van der Waals surface area (Å²) in [6, 6.07) is 4.14. The van der Waals surface area contributed by atoms with E-state index in [2.05, 4.69) is 13.8 Å². The Hall–Kier alpha value is 0.0969. The average molecular weight is 291 g/mol. The molecule has 0 aliphatic heterocycles. The molecule has 3 nitrogen and oxygen atoms in total. The van der Waals surface area contributed by atoms with Crippen LogP contribution in [0.2, 0.25) is 23.7 Å². The molecular weight excluding hydrogens is 256 g/mol. The molecule has 0 heterocycles. The Kier molecular flexibility index (Phi) is 11.9. The molecule has 0 saturated heterocycles. The van der Waals surface area contributed by atoms with E-state index in [-0.39, 0.29) is 0 Å². The van der Waals surface area contributed by atoms with E-state index in [4.69, 9.17) is 14.2 Å². The minimum Gasteiger partial charge on any atom is -0.385 e. The van der Waals surface area contributed by atoms with Crippen LogP contribution in [-0.2, 0) is 14.2 Å². The lowest BCUT2D eigenvalue weighted by Crippen LogP contribution is -2.38. The van der Waals surface area contributed by atoms with E-state index in [9.17, 15) is 0 Å². The van der Waals surface area contributed by atoms with Crippen molar-refractivity contribution in [1.29, 1.82) is 0 Å². The summed E-state index contributed by atoms with van der Waals surface area (Å²) in [5.41, 5.74) is 0.832. The van der Waals surface area contributed by atoms with Gasteiger partial charge in [0.25, 0.3) is 0 Å². The third-order valence-corrected chi connectivity index (χ3v) is 10.8. The molecule has 0 fully saturated rings. The van der Waals surface area contributed by atoms with Gasteiger partial charge in [0, 0.05) is 41.2 Å². The molecule has 0 saturated carbocycles. The van der Waals surface area contributed by atoms with Crippen molar-refractivity contribution < 1.29 is 14.2 Å². The highest BCUT2D eigenvalue weighted by Crippen LogP contribution is 2.36. The Bertz CT molecular complexity index is 171. The molecule has 0 aromatic carbocycles. The molecule has 4 heteroatoms. The van der Waals surface area contributed by atoms with Crippen LogP contribution >= 0.6 is 0 Å². The first kappa shape index (κ1) is 19.1. The SMILES string of the molecule is COCCC[Si](CCCOC)(CCCOC)C(C)C. The van der Waals surface area contributed by atoms with Crippen molar-refractivity contribution in [3.05, 3.63) is 0 Å². The monoisotopic (exact) mass is 290 g/mol. The van der Waals surface area contributed by atoms with E-state index in [0.717, 1.165) is 25.4 Å². The topological polar surface area (TPSA) is 27.7 Å². The molecule has 0 amide bonds. The highest BCUT2D eigenvalue weighted by Gasteiger charge is 2.34. The van der Waals surface area contributed by atoms with Crippen LogP contribution in [0.15, 0.2) is 0 Å². The van der Waals surface area contributed by atoms with Crippen molar-refractivity contribution in [2.45, 2.75) is 56.8 Å². The van der Waals surface area contributed by atoms with E-state index in [1.807, 2.05) is 0 Å². The molecule has 0 N–H and O–H groups in total. The van der Waals surface area contributed by atoms with E-state index < -0.39 is 8.07 Å². The van der Waals surface area contributed by atoms with Gasteiger partial charge in [-0.05, 0) is 19.3 Å². The number of hydrogen-bond donors (Lipinski definition) is 0. The maximum Gasteiger partial charge on any atom is 0.0564 e. The first-order valence-electron chi connectivity index (χ1n) is 7.59. The molecule has 0 aromatic rings. The quantitative estimate of drug-likeness (QED) is 0.380. The summed E-state index contributed by atoms with van der Waals surface area (Å²) in [6.07, 6.45) is 3.63. The summed E-state index contributed by atoms with van der Waals surface area (Å²) in [5, 5.41) is 0. The molecule has 0 aliphatic carbocycles. The predicted molar refractivity (Wildman–Crippen MR) is 84.8 cm³/mol. The minimum atomic E-state index is -1.22. The molecule has 0 aliphatic rings. The highest BCUT2D eigenvalue weighted by molar-refractivity contribution is 6.81. The molecule has 116 valence electrons. The third-order valence-electron chi connectivity index (χ3n) is 4.29. The fourth-order valence-electron chi connectivity index (χ4n) is 2.95. The Morgan fingerprint density at radius 2 is 1.00 bits per heavy atom. The van der Waals surface area contributed by atoms with Crippen molar-refractivity contribution in [3.8, 4) is 0 Å². The van der Waals surface area contributed by atoms with Gasteiger partial charge in [-0.1, -0.05) is 37.5 Å². The van der Waals surface area contributed by atoms with Crippen molar-refractivity contribution in [2.75, 3.05) is 41.2 Å². The van der Waals surface area contributed by atoms with Gasteiger partial charge in [-0.25, -0.2) is 0 Å². The number of methoxy groups -OCH3 is 3. The molecular formula is C15H34O3Si. The molecule has 0 rings (SSSR count). The van der Waals surface area contributed by atoms with Crippen LogP contribution in [0.5, 0.6) is 0 Å². The lowest BCUT2D eigenvalue weighted by Gasteiger charge is -2.36. The Morgan fingerprint density at radius 3 is 1.21 bits per heavy atom. The van der Waals surface area contributed by atoms with E-state index in [0.29, 0.717) is 0 Å². The van der Waals surface area contributed by atoms with Crippen LogP contribution in [0, 0.1) is 0 Å². The van der Waals surface area contributed by atoms with Gasteiger partial charge in [0.05, 0.1) is 8.07 Å². The Morgan fingerprint density at radius 1 is 0.684 bits per heavy atom. The van der Waals surface area contributed by atoms with Crippen molar-refractivity contribution in [2.24, 2.45) is 0 Å². The van der Waals surface area contributed by atoms with Crippen LogP contribution in [0.1, 0.15) is 33.1 Å². The first-order chi connectivity index (χ1) is 9.13. The molecule has 0 radical (unpaired) electrons. The molecule has 0 aromatic heterocycles. The van der Waals surface area contributed by atoms with Gasteiger partial charge in [-0.2, -0.15) is 0 Å². The van der Waals surface area contributed by atoms with Crippen LogP contribution in [-0.4, -0.2) is 49.2 Å². The maximum atomic E-state index is 5.24. The zero-order chi connectivity index (χ0) is 14.6. The fourth-order valence-corrected chi connectivity index (χ4v) is 7.97. The predicted octanol–water partition coefficient (Wildman–Crippen LogP) is 3.95. The van der Waals surface area contributed by atoms with Crippen molar-refractivity contribution in [1.82, 2.24) is 0 Å². The molecule has 0 spiro atoms. The van der Waals surface area contributed by atoms with Crippen LogP contribution in [0.4, 0.5) is 0 Å². The Balaban J connectivity index is 4.48. The largest absolute Gasteiger partial charge is 0.385 e. The van der Waals surface area contributed by atoms with Crippen LogP contribution < -0.4 is 0 Å². The summed E-state index contributed by atoms with van der Waals surface area (Å²) >= 11 is 0. The second kappa shape index (κ2) is 11.9.